The minimum Gasteiger partial charge on any atom is -0.451 e. The van der Waals surface area contributed by atoms with Gasteiger partial charge in [0, 0.05) is 23.8 Å². The summed E-state index contributed by atoms with van der Waals surface area (Å²) in [6.07, 6.45) is 5.33. The monoisotopic (exact) mass is 380 g/mol. The molecule has 0 N–H and O–H groups in total. The quantitative estimate of drug-likeness (QED) is 0.418. The molecule has 5 nitrogen and oxygen atoms in total. The maximum Gasteiger partial charge on any atom is 0.349 e. The molecule has 0 amide bonds. The standard InChI is InChI=1S/C23H24O5/c1-14(2)21(24)26-20-17-12-8-7-9-15(17)13-18-19(20)22(25)28-23(3,27-18)16-10-5-4-6-11-16/h7-9,12-13,16H,1,4-6,10-11H2,2-3H3. The molecule has 1 heterocycles. The molecule has 0 spiro atoms. The third-order valence-electron chi connectivity index (χ3n) is 5.67. The molecule has 4 rings (SSSR count). The van der Waals surface area contributed by atoms with Crippen molar-refractivity contribution in [2.24, 2.45) is 5.92 Å². The number of benzene rings is 2. The smallest absolute Gasteiger partial charge is 0.349 e. The molecular formula is C23H24O5. The van der Waals surface area contributed by atoms with Crippen molar-refractivity contribution in [3.63, 3.8) is 0 Å². The summed E-state index contributed by atoms with van der Waals surface area (Å²) in [6, 6.07) is 9.24. The molecule has 1 saturated carbocycles. The highest BCUT2D eigenvalue weighted by Crippen LogP contribution is 2.46. The van der Waals surface area contributed by atoms with E-state index in [1.165, 1.54) is 6.42 Å². The van der Waals surface area contributed by atoms with Crippen molar-refractivity contribution in [1.82, 2.24) is 0 Å². The molecule has 0 aromatic heterocycles. The van der Waals surface area contributed by atoms with E-state index in [-0.39, 0.29) is 22.8 Å². The lowest BCUT2D eigenvalue weighted by molar-refractivity contribution is -0.183. The number of carbonyl (C=O) groups excluding carboxylic acids is 2. The zero-order valence-corrected chi connectivity index (χ0v) is 16.2. The van der Waals surface area contributed by atoms with Crippen molar-refractivity contribution in [1.29, 1.82) is 0 Å². The van der Waals surface area contributed by atoms with Gasteiger partial charge in [-0.05, 0) is 31.2 Å². The summed E-state index contributed by atoms with van der Waals surface area (Å²) in [5.41, 5.74) is 0.403. The van der Waals surface area contributed by atoms with Gasteiger partial charge in [0.15, 0.2) is 5.75 Å². The third-order valence-corrected chi connectivity index (χ3v) is 5.67. The van der Waals surface area contributed by atoms with Crippen LogP contribution in [-0.2, 0) is 9.53 Å². The van der Waals surface area contributed by atoms with Crippen LogP contribution < -0.4 is 9.47 Å². The molecule has 146 valence electrons. The number of esters is 2. The van der Waals surface area contributed by atoms with Gasteiger partial charge in [-0.25, -0.2) is 9.59 Å². The van der Waals surface area contributed by atoms with Gasteiger partial charge in [-0.2, -0.15) is 0 Å². The van der Waals surface area contributed by atoms with Gasteiger partial charge in [0.25, 0.3) is 5.79 Å². The first-order chi connectivity index (χ1) is 13.4. The zero-order chi connectivity index (χ0) is 19.9. The Kier molecular flexibility index (Phi) is 4.61. The summed E-state index contributed by atoms with van der Waals surface area (Å²) < 4.78 is 17.6. The highest BCUT2D eigenvalue weighted by atomic mass is 16.7. The van der Waals surface area contributed by atoms with Gasteiger partial charge in [0.2, 0.25) is 0 Å². The average Bonchev–Trinajstić information content (AvgIpc) is 2.68. The Labute approximate surface area is 164 Å². The lowest BCUT2D eigenvalue weighted by Crippen LogP contribution is -2.48. The van der Waals surface area contributed by atoms with Crippen LogP contribution in [0.15, 0.2) is 42.5 Å². The van der Waals surface area contributed by atoms with Gasteiger partial charge in [0.05, 0.1) is 0 Å². The third kappa shape index (κ3) is 3.15. The number of hydrogen-bond donors (Lipinski definition) is 0. The summed E-state index contributed by atoms with van der Waals surface area (Å²) >= 11 is 0. The summed E-state index contributed by atoms with van der Waals surface area (Å²) in [5.74, 6) is -1.42. The summed E-state index contributed by atoms with van der Waals surface area (Å²) in [4.78, 5) is 25.3. The van der Waals surface area contributed by atoms with E-state index >= 15 is 0 Å². The predicted molar refractivity (Wildman–Crippen MR) is 105 cm³/mol. The van der Waals surface area contributed by atoms with E-state index in [1.807, 2.05) is 31.2 Å². The first-order valence-electron chi connectivity index (χ1n) is 9.75. The molecule has 1 aliphatic carbocycles. The van der Waals surface area contributed by atoms with Crippen LogP contribution in [-0.4, -0.2) is 17.7 Å². The normalized spacial score (nSPS) is 22.1. The summed E-state index contributed by atoms with van der Waals surface area (Å²) in [7, 11) is 0. The van der Waals surface area contributed by atoms with Crippen molar-refractivity contribution >= 4 is 22.7 Å². The number of hydrogen-bond acceptors (Lipinski definition) is 5. The van der Waals surface area contributed by atoms with Crippen LogP contribution in [0.3, 0.4) is 0 Å². The van der Waals surface area contributed by atoms with Gasteiger partial charge in [-0.15, -0.1) is 0 Å². The molecule has 2 aromatic carbocycles. The van der Waals surface area contributed by atoms with Crippen molar-refractivity contribution in [3.8, 4) is 11.5 Å². The van der Waals surface area contributed by atoms with Crippen LogP contribution in [0.1, 0.15) is 56.3 Å². The van der Waals surface area contributed by atoms with Gasteiger partial charge in [-0.1, -0.05) is 50.1 Å². The van der Waals surface area contributed by atoms with E-state index in [1.54, 1.807) is 13.0 Å². The Balaban J connectivity index is 1.83. The molecule has 1 unspecified atom stereocenters. The predicted octanol–water partition coefficient (Wildman–Crippen LogP) is 5.17. The second kappa shape index (κ2) is 6.97. The first kappa shape index (κ1) is 18.5. The Morgan fingerprint density at radius 2 is 1.89 bits per heavy atom. The highest BCUT2D eigenvalue weighted by molar-refractivity contribution is 6.06. The number of rotatable bonds is 3. The number of fused-ring (bicyclic) bond motifs is 2. The Hall–Kier alpha value is -2.82. The molecule has 0 bridgehead atoms. The lowest BCUT2D eigenvalue weighted by atomic mass is 9.83. The van der Waals surface area contributed by atoms with Crippen LogP contribution in [0.5, 0.6) is 11.5 Å². The largest absolute Gasteiger partial charge is 0.451 e. The van der Waals surface area contributed by atoms with Crippen molar-refractivity contribution in [2.75, 3.05) is 0 Å². The van der Waals surface area contributed by atoms with Crippen LogP contribution in [0.4, 0.5) is 0 Å². The van der Waals surface area contributed by atoms with Crippen LogP contribution in [0, 0.1) is 5.92 Å². The minimum atomic E-state index is -1.01. The fraction of sp³-hybridized carbons (Fsp3) is 0.391. The van der Waals surface area contributed by atoms with Crippen LogP contribution in [0.2, 0.25) is 0 Å². The summed E-state index contributed by atoms with van der Waals surface area (Å²) in [6.45, 7) is 7.02. The molecule has 5 heteroatoms. The molecule has 1 atom stereocenters. The van der Waals surface area contributed by atoms with E-state index in [9.17, 15) is 9.59 Å². The maximum absolute atomic E-state index is 13.0. The summed E-state index contributed by atoms with van der Waals surface area (Å²) in [5, 5.41) is 1.48. The van der Waals surface area contributed by atoms with Gasteiger partial charge >= 0.3 is 11.9 Å². The number of ether oxygens (including phenoxy) is 3. The fourth-order valence-electron chi connectivity index (χ4n) is 4.12. The van der Waals surface area contributed by atoms with E-state index in [0.717, 1.165) is 31.1 Å². The van der Waals surface area contributed by atoms with Gasteiger partial charge < -0.3 is 14.2 Å². The Morgan fingerprint density at radius 3 is 2.61 bits per heavy atom. The second-order valence-electron chi connectivity index (χ2n) is 7.81. The SMILES string of the molecule is C=C(C)C(=O)Oc1c2c(cc3ccccc13)OC(C)(C1CCCCC1)OC2=O. The van der Waals surface area contributed by atoms with Gasteiger partial charge in [0.1, 0.15) is 11.3 Å². The van der Waals surface area contributed by atoms with E-state index < -0.39 is 17.7 Å². The highest BCUT2D eigenvalue weighted by Gasteiger charge is 2.46. The van der Waals surface area contributed by atoms with E-state index in [2.05, 4.69) is 6.58 Å². The topological polar surface area (TPSA) is 61.8 Å². The van der Waals surface area contributed by atoms with Crippen LogP contribution >= 0.6 is 0 Å². The molecule has 1 fully saturated rings. The molecular weight excluding hydrogens is 356 g/mol. The van der Waals surface area contributed by atoms with Crippen molar-refractivity contribution < 1.29 is 23.8 Å². The molecule has 2 aliphatic rings. The van der Waals surface area contributed by atoms with Crippen molar-refractivity contribution in [3.05, 3.63) is 48.0 Å². The first-order valence-corrected chi connectivity index (χ1v) is 9.75. The molecule has 0 saturated heterocycles. The second-order valence-corrected chi connectivity index (χ2v) is 7.81. The molecule has 1 aliphatic heterocycles. The lowest BCUT2D eigenvalue weighted by Gasteiger charge is -2.42. The maximum atomic E-state index is 13.0. The molecule has 0 radical (unpaired) electrons. The number of cyclic esters (lactones) is 1. The van der Waals surface area contributed by atoms with Gasteiger partial charge in [-0.3, -0.25) is 0 Å². The fourth-order valence-corrected chi connectivity index (χ4v) is 4.12. The Morgan fingerprint density at radius 1 is 1.18 bits per heavy atom. The van der Waals surface area contributed by atoms with Crippen molar-refractivity contribution in [2.45, 2.75) is 51.7 Å². The van der Waals surface area contributed by atoms with E-state index in [4.69, 9.17) is 14.2 Å². The Bertz CT molecular complexity index is 970. The zero-order valence-electron chi connectivity index (χ0n) is 16.2. The average molecular weight is 380 g/mol. The number of carbonyl (C=O) groups is 2. The minimum absolute atomic E-state index is 0.145. The van der Waals surface area contributed by atoms with E-state index in [0.29, 0.717) is 11.1 Å². The molecule has 2 aromatic rings. The molecule has 28 heavy (non-hydrogen) atoms. The van der Waals surface area contributed by atoms with Crippen LogP contribution in [0.25, 0.3) is 10.8 Å².